The number of hydrogen-bond acceptors (Lipinski definition) is 4. The zero-order valence-electron chi connectivity index (χ0n) is 15.0. The van der Waals surface area contributed by atoms with E-state index in [9.17, 15) is 5.11 Å². The van der Waals surface area contributed by atoms with Gasteiger partial charge in [-0.25, -0.2) is 0 Å². The third kappa shape index (κ3) is 9.37. The van der Waals surface area contributed by atoms with Crippen LogP contribution >= 0.6 is 0 Å². The first-order chi connectivity index (χ1) is 11.7. The number of nitrogens with zero attached hydrogens (tertiary/aromatic N) is 1. The number of ether oxygens (including phenoxy) is 2. The van der Waals surface area contributed by atoms with Crippen LogP contribution in [0.1, 0.15) is 25.8 Å². The molecule has 0 spiro atoms. The Balaban J connectivity index is 2.32. The van der Waals surface area contributed by atoms with E-state index in [1.807, 2.05) is 45.0 Å². The van der Waals surface area contributed by atoms with Gasteiger partial charge >= 0.3 is 0 Å². The molecule has 6 nitrogen and oxygen atoms in total. The van der Waals surface area contributed by atoms with E-state index < -0.39 is 6.10 Å². The van der Waals surface area contributed by atoms with Gasteiger partial charge in [0.15, 0.2) is 5.96 Å². The largest absolute Gasteiger partial charge is 0.491 e. The van der Waals surface area contributed by atoms with Gasteiger partial charge in [0.2, 0.25) is 0 Å². The molecule has 0 bridgehead atoms. The molecule has 1 aromatic rings. The van der Waals surface area contributed by atoms with Crippen LogP contribution in [0.25, 0.3) is 0 Å². The van der Waals surface area contributed by atoms with E-state index in [-0.39, 0.29) is 13.2 Å². The normalized spacial score (nSPS) is 12.8. The number of nitrogens with one attached hydrogen (secondary N) is 2. The predicted molar refractivity (Wildman–Crippen MR) is 97.8 cm³/mol. The van der Waals surface area contributed by atoms with Crippen molar-refractivity contribution in [3.8, 4) is 5.75 Å². The highest BCUT2D eigenvalue weighted by atomic mass is 16.5. The lowest BCUT2D eigenvalue weighted by molar-refractivity contribution is 0.114. The maximum atomic E-state index is 10.0. The fourth-order valence-electron chi connectivity index (χ4n) is 2.01. The van der Waals surface area contributed by atoms with Crippen molar-refractivity contribution in [3.63, 3.8) is 0 Å². The van der Waals surface area contributed by atoms with Crippen LogP contribution in [0.15, 0.2) is 29.3 Å². The Hall–Kier alpha value is -1.79. The molecule has 0 saturated heterocycles. The molecule has 0 aliphatic rings. The molecule has 0 saturated carbocycles. The molecule has 0 fully saturated rings. The highest BCUT2D eigenvalue weighted by Gasteiger charge is 2.06. The van der Waals surface area contributed by atoms with Gasteiger partial charge in [-0.1, -0.05) is 12.1 Å². The van der Waals surface area contributed by atoms with Crippen LogP contribution < -0.4 is 15.4 Å². The van der Waals surface area contributed by atoms with Gasteiger partial charge in [0.1, 0.15) is 18.5 Å². The smallest absolute Gasteiger partial charge is 0.191 e. The summed E-state index contributed by atoms with van der Waals surface area (Å²) in [6.07, 6.45) is 0.265. The number of aliphatic imine (C=N–C) groups is 1. The van der Waals surface area contributed by atoms with Crippen LogP contribution in [-0.2, 0) is 4.74 Å². The van der Waals surface area contributed by atoms with Gasteiger partial charge in [-0.2, -0.15) is 0 Å². The van der Waals surface area contributed by atoms with Gasteiger partial charge in [0.25, 0.3) is 0 Å². The minimum absolute atomic E-state index is 0.219. The number of guanidine groups is 1. The Morgan fingerprint density at radius 3 is 2.83 bits per heavy atom. The van der Waals surface area contributed by atoms with Crippen LogP contribution in [0.5, 0.6) is 5.75 Å². The Labute approximate surface area is 145 Å². The molecule has 0 aliphatic heterocycles. The molecule has 1 rings (SSSR count). The van der Waals surface area contributed by atoms with E-state index in [4.69, 9.17) is 9.47 Å². The fourth-order valence-corrected chi connectivity index (χ4v) is 2.01. The van der Waals surface area contributed by atoms with Gasteiger partial charge in [-0.3, -0.25) is 4.99 Å². The molecular formula is C18H31N3O3. The quantitative estimate of drug-likeness (QED) is 0.326. The third-order valence-corrected chi connectivity index (χ3v) is 3.20. The molecule has 136 valence electrons. The van der Waals surface area contributed by atoms with E-state index in [0.717, 1.165) is 44.0 Å². The molecule has 0 aromatic heterocycles. The molecule has 0 aliphatic carbocycles. The predicted octanol–water partition coefficient (Wildman–Crippen LogP) is 1.72. The van der Waals surface area contributed by atoms with E-state index in [1.165, 1.54) is 0 Å². The lowest BCUT2D eigenvalue weighted by atomic mass is 10.2. The van der Waals surface area contributed by atoms with Crippen molar-refractivity contribution in [2.45, 2.75) is 33.3 Å². The highest BCUT2D eigenvalue weighted by molar-refractivity contribution is 5.79. The van der Waals surface area contributed by atoms with Crippen LogP contribution in [0.3, 0.4) is 0 Å². The second kappa shape index (κ2) is 12.6. The average molecular weight is 337 g/mol. The van der Waals surface area contributed by atoms with Crippen LogP contribution in [0.2, 0.25) is 0 Å². The third-order valence-electron chi connectivity index (χ3n) is 3.20. The summed E-state index contributed by atoms with van der Waals surface area (Å²) in [5.41, 5.74) is 1.13. The lowest BCUT2D eigenvalue weighted by Crippen LogP contribution is -2.39. The lowest BCUT2D eigenvalue weighted by Gasteiger charge is -2.14. The minimum atomic E-state index is -0.649. The number of hydrogen-bond donors (Lipinski definition) is 3. The number of rotatable bonds is 11. The van der Waals surface area contributed by atoms with Gasteiger partial charge in [-0.05, 0) is 44.9 Å². The van der Waals surface area contributed by atoms with Crippen molar-refractivity contribution in [1.29, 1.82) is 0 Å². The topological polar surface area (TPSA) is 75.1 Å². The molecule has 1 aromatic carbocycles. The van der Waals surface area contributed by atoms with Crippen molar-refractivity contribution in [3.05, 3.63) is 29.8 Å². The monoisotopic (exact) mass is 337 g/mol. The molecule has 3 N–H and O–H groups in total. The van der Waals surface area contributed by atoms with Crippen molar-refractivity contribution >= 4 is 5.96 Å². The van der Waals surface area contributed by atoms with E-state index in [0.29, 0.717) is 5.96 Å². The molecule has 24 heavy (non-hydrogen) atoms. The van der Waals surface area contributed by atoms with Gasteiger partial charge in [0.05, 0.1) is 6.54 Å². The number of aliphatic hydroxyl groups is 1. The summed E-state index contributed by atoms with van der Waals surface area (Å²) < 4.78 is 10.9. The molecule has 1 unspecified atom stereocenters. The zero-order valence-corrected chi connectivity index (χ0v) is 15.0. The van der Waals surface area contributed by atoms with Crippen LogP contribution in [0.4, 0.5) is 0 Å². The second-order valence-corrected chi connectivity index (χ2v) is 5.48. The Bertz CT molecular complexity index is 480. The molecule has 1 atom stereocenters. The summed E-state index contributed by atoms with van der Waals surface area (Å²) in [5.74, 6) is 1.46. The van der Waals surface area contributed by atoms with Crippen molar-refractivity contribution in [1.82, 2.24) is 10.6 Å². The first-order valence-electron chi connectivity index (χ1n) is 8.63. The van der Waals surface area contributed by atoms with Gasteiger partial charge in [0, 0.05) is 26.3 Å². The summed E-state index contributed by atoms with van der Waals surface area (Å²) in [7, 11) is 0. The molecular weight excluding hydrogens is 306 g/mol. The highest BCUT2D eigenvalue weighted by Crippen LogP contribution is 2.12. The summed E-state index contributed by atoms with van der Waals surface area (Å²) in [6.45, 7) is 9.52. The SMILES string of the molecule is CCNC(=NCC(O)COc1cccc(C)c1)NCCCOCC. The Morgan fingerprint density at radius 1 is 1.29 bits per heavy atom. The summed E-state index contributed by atoms with van der Waals surface area (Å²) in [4.78, 5) is 4.38. The van der Waals surface area contributed by atoms with E-state index in [2.05, 4.69) is 15.6 Å². The zero-order chi connectivity index (χ0) is 17.6. The summed E-state index contributed by atoms with van der Waals surface area (Å²) >= 11 is 0. The van der Waals surface area contributed by atoms with E-state index in [1.54, 1.807) is 0 Å². The van der Waals surface area contributed by atoms with Crippen LogP contribution in [0, 0.1) is 6.92 Å². The van der Waals surface area contributed by atoms with Gasteiger partial charge in [-0.15, -0.1) is 0 Å². The Kier molecular flexibility index (Phi) is 10.6. The van der Waals surface area contributed by atoms with Crippen molar-refractivity contribution in [2.24, 2.45) is 4.99 Å². The fraction of sp³-hybridized carbons (Fsp3) is 0.611. The minimum Gasteiger partial charge on any atom is -0.491 e. The number of aliphatic hydroxyl groups excluding tert-OH is 1. The number of aryl methyl sites for hydroxylation is 1. The average Bonchev–Trinajstić information content (AvgIpc) is 2.57. The second-order valence-electron chi connectivity index (χ2n) is 5.48. The van der Waals surface area contributed by atoms with Crippen LogP contribution in [-0.4, -0.2) is 56.6 Å². The molecule has 6 heteroatoms. The van der Waals surface area contributed by atoms with E-state index >= 15 is 0 Å². The summed E-state index contributed by atoms with van der Waals surface area (Å²) in [5, 5.41) is 16.4. The molecule has 0 amide bonds. The molecule has 0 radical (unpaired) electrons. The standard InChI is InChI=1S/C18H31N3O3/c1-4-19-18(20-10-7-11-23-5-2)21-13-16(22)14-24-17-9-6-8-15(3)12-17/h6,8-9,12,16,22H,4-5,7,10-11,13-14H2,1-3H3,(H2,19,20,21). The number of benzene rings is 1. The van der Waals surface area contributed by atoms with Crippen molar-refractivity contribution < 1.29 is 14.6 Å². The maximum absolute atomic E-state index is 10.0. The first-order valence-corrected chi connectivity index (χ1v) is 8.63. The van der Waals surface area contributed by atoms with Gasteiger partial charge < -0.3 is 25.2 Å². The summed E-state index contributed by atoms with van der Waals surface area (Å²) in [6, 6.07) is 7.77. The Morgan fingerprint density at radius 2 is 2.12 bits per heavy atom. The first kappa shape index (κ1) is 20.3. The van der Waals surface area contributed by atoms with Crippen molar-refractivity contribution in [2.75, 3.05) is 39.5 Å². The maximum Gasteiger partial charge on any atom is 0.191 e. The molecule has 0 heterocycles.